The molecule has 8 heteroatoms. The second kappa shape index (κ2) is 8.85. The number of rotatable bonds is 6. The minimum atomic E-state index is -0.352. The lowest BCUT2D eigenvalue weighted by Crippen LogP contribution is -2.47. The van der Waals surface area contributed by atoms with E-state index in [-0.39, 0.29) is 35.5 Å². The van der Waals surface area contributed by atoms with Gasteiger partial charge in [-0.2, -0.15) is 0 Å². The first kappa shape index (κ1) is 19.2. The van der Waals surface area contributed by atoms with E-state index < -0.39 is 0 Å². The van der Waals surface area contributed by atoms with Crippen LogP contribution in [-0.2, 0) is 14.3 Å². The third kappa shape index (κ3) is 4.56. The Kier molecular flexibility index (Phi) is 6.53. The Morgan fingerprint density at radius 3 is 2.73 bits per heavy atom. The van der Waals surface area contributed by atoms with Gasteiger partial charge in [0, 0.05) is 25.3 Å². The van der Waals surface area contributed by atoms with Gasteiger partial charge in [0.1, 0.15) is 18.1 Å². The fourth-order valence-corrected chi connectivity index (χ4v) is 4.61. The summed E-state index contributed by atoms with van der Waals surface area (Å²) in [5.41, 5.74) is 7.29. The quantitative estimate of drug-likeness (QED) is 0.637. The maximum Gasteiger partial charge on any atom is 0.324 e. The number of esters is 1. The molecule has 4 atom stereocenters. The van der Waals surface area contributed by atoms with E-state index in [4.69, 9.17) is 4.74 Å². The van der Waals surface area contributed by atoms with E-state index in [9.17, 15) is 9.59 Å². The third-order valence-corrected chi connectivity index (χ3v) is 5.98. The molecule has 2 fully saturated rings. The summed E-state index contributed by atoms with van der Waals surface area (Å²) in [5.74, 6) is 0.610. The average molecular weight is 378 g/mol. The Labute approximate surface area is 158 Å². The Hall–Kier alpha value is -1.61. The molecular weight excluding hydrogens is 352 g/mol. The zero-order valence-corrected chi connectivity index (χ0v) is 15.9. The average Bonchev–Trinajstić information content (AvgIpc) is 3.31. The second-order valence-electron chi connectivity index (χ2n) is 6.52. The van der Waals surface area contributed by atoms with E-state index in [1.165, 1.54) is 0 Å². The first-order valence-electron chi connectivity index (χ1n) is 8.96. The molecule has 0 bridgehead atoms. The predicted octanol–water partition coefficient (Wildman–Crippen LogP) is 0.994. The number of amides is 1. The van der Waals surface area contributed by atoms with Gasteiger partial charge in [-0.15, -0.1) is 11.8 Å². The highest BCUT2D eigenvalue weighted by Gasteiger charge is 2.33. The van der Waals surface area contributed by atoms with Gasteiger partial charge < -0.3 is 9.64 Å². The van der Waals surface area contributed by atoms with Crippen LogP contribution in [0.15, 0.2) is 30.3 Å². The van der Waals surface area contributed by atoms with Crippen LogP contribution < -0.4 is 16.2 Å². The van der Waals surface area contributed by atoms with Crippen LogP contribution in [0.3, 0.4) is 0 Å². The monoisotopic (exact) mass is 378 g/mol. The minimum Gasteiger partial charge on any atom is -0.463 e. The lowest BCUT2D eigenvalue weighted by atomic mass is 10.0. The van der Waals surface area contributed by atoms with Crippen LogP contribution in [0.2, 0.25) is 0 Å². The van der Waals surface area contributed by atoms with Crippen molar-refractivity contribution in [3.8, 4) is 0 Å². The topological polar surface area (TPSA) is 82.7 Å². The molecule has 0 spiro atoms. The molecule has 1 aromatic rings. The lowest BCUT2D eigenvalue weighted by Gasteiger charge is -2.26. The van der Waals surface area contributed by atoms with E-state index in [1.807, 2.05) is 37.3 Å². The van der Waals surface area contributed by atoms with Crippen molar-refractivity contribution in [2.24, 2.45) is 0 Å². The van der Waals surface area contributed by atoms with Crippen molar-refractivity contribution in [2.75, 3.05) is 18.9 Å². The molecule has 7 nitrogen and oxygen atoms in total. The van der Waals surface area contributed by atoms with Crippen molar-refractivity contribution in [3.63, 3.8) is 0 Å². The van der Waals surface area contributed by atoms with Crippen LogP contribution in [0.4, 0.5) is 0 Å². The molecule has 0 aromatic heterocycles. The number of hydrogen-bond acceptors (Lipinski definition) is 7. The first-order chi connectivity index (χ1) is 12.6. The number of thioether (sulfide) groups is 1. The molecule has 4 unspecified atom stereocenters. The van der Waals surface area contributed by atoms with Gasteiger partial charge in [0.25, 0.3) is 0 Å². The molecule has 1 aromatic carbocycles. The Bertz CT molecular complexity index is 630. The predicted molar refractivity (Wildman–Crippen MR) is 101 cm³/mol. The van der Waals surface area contributed by atoms with Crippen molar-refractivity contribution in [1.82, 2.24) is 21.1 Å². The maximum atomic E-state index is 12.3. The van der Waals surface area contributed by atoms with Crippen LogP contribution in [0.5, 0.6) is 0 Å². The Morgan fingerprint density at radius 1 is 1.27 bits per heavy atom. The molecule has 142 valence electrons. The smallest absolute Gasteiger partial charge is 0.324 e. The highest BCUT2D eigenvalue weighted by atomic mass is 32.2. The van der Waals surface area contributed by atoms with Gasteiger partial charge >= 0.3 is 5.97 Å². The molecule has 1 amide bonds. The number of carbonyl (C=O) groups is 2. The molecule has 2 aliphatic rings. The molecule has 2 heterocycles. The van der Waals surface area contributed by atoms with E-state index in [0.717, 1.165) is 11.3 Å². The summed E-state index contributed by atoms with van der Waals surface area (Å²) in [6.45, 7) is 4.50. The number of nitrogens with zero attached hydrogens (tertiary/aromatic N) is 1. The molecule has 2 aliphatic heterocycles. The van der Waals surface area contributed by atoms with Gasteiger partial charge in [-0.3, -0.25) is 14.9 Å². The molecule has 0 radical (unpaired) electrons. The van der Waals surface area contributed by atoms with Crippen molar-refractivity contribution in [2.45, 2.75) is 43.9 Å². The summed E-state index contributed by atoms with van der Waals surface area (Å²) >= 11 is 1.67. The summed E-state index contributed by atoms with van der Waals surface area (Å²) in [4.78, 5) is 25.7. The highest BCUT2D eigenvalue weighted by Crippen LogP contribution is 2.24. The van der Waals surface area contributed by atoms with Gasteiger partial charge in [0.05, 0.1) is 6.04 Å². The van der Waals surface area contributed by atoms with E-state index in [0.29, 0.717) is 19.6 Å². The van der Waals surface area contributed by atoms with E-state index in [1.54, 1.807) is 23.6 Å². The molecular formula is C18H26N4O3S. The lowest BCUT2D eigenvalue weighted by molar-refractivity contribution is -0.146. The number of hydrogen-bond donors (Lipinski definition) is 3. The van der Waals surface area contributed by atoms with Crippen molar-refractivity contribution in [3.05, 3.63) is 35.9 Å². The number of ether oxygens (including phenoxy) is 1. The minimum absolute atomic E-state index is 0.0447. The number of hydrazine groups is 1. The van der Waals surface area contributed by atoms with Crippen LogP contribution in [0.25, 0.3) is 0 Å². The molecule has 2 saturated heterocycles. The van der Waals surface area contributed by atoms with Crippen LogP contribution in [0, 0.1) is 0 Å². The van der Waals surface area contributed by atoms with Crippen molar-refractivity contribution in [1.29, 1.82) is 0 Å². The summed E-state index contributed by atoms with van der Waals surface area (Å²) in [5, 5.41) is 3.36. The van der Waals surface area contributed by atoms with Gasteiger partial charge in [0.2, 0.25) is 5.91 Å². The zero-order chi connectivity index (χ0) is 18.5. The van der Waals surface area contributed by atoms with Gasteiger partial charge in [-0.05, 0) is 18.9 Å². The van der Waals surface area contributed by atoms with Gasteiger partial charge in [-0.25, -0.2) is 10.9 Å². The first-order valence-corrected chi connectivity index (χ1v) is 10.0. The van der Waals surface area contributed by atoms with Crippen LogP contribution in [-0.4, -0.2) is 53.3 Å². The summed E-state index contributed by atoms with van der Waals surface area (Å²) in [6.07, 6.45) is 0.659. The molecule has 0 saturated carbocycles. The van der Waals surface area contributed by atoms with Gasteiger partial charge in [-0.1, -0.05) is 30.3 Å². The standard InChI is InChI=1S/C18H26N4O3S/c1-3-22(12(2)23)18-19-14(11-26-18)10-25-17(24)16-9-15(20-21-16)13-7-5-4-6-8-13/h4-8,14-16,18-21H,3,9-11H2,1-2H3. The third-order valence-electron chi connectivity index (χ3n) is 4.68. The molecule has 0 aliphatic carbocycles. The largest absolute Gasteiger partial charge is 0.463 e. The second-order valence-corrected chi connectivity index (χ2v) is 7.64. The van der Waals surface area contributed by atoms with Crippen LogP contribution in [0.1, 0.15) is 31.9 Å². The Balaban J connectivity index is 1.43. The molecule has 3 rings (SSSR count). The van der Waals surface area contributed by atoms with E-state index >= 15 is 0 Å². The maximum absolute atomic E-state index is 12.3. The number of nitrogens with one attached hydrogen (secondary N) is 3. The van der Waals surface area contributed by atoms with Crippen molar-refractivity contribution >= 4 is 23.6 Å². The summed E-state index contributed by atoms with van der Waals surface area (Å²) in [7, 11) is 0. The van der Waals surface area contributed by atoms with Gasteiger partial charge in [0.15, 0.2) is 0 Å². The zero-order valence-electron chi connectivity index (χ0n) is 15.1. The summed E-state index contributed by atoms with van der Waals surface area (Å²) in [6, 6.07) is 9.85. The fraction of sp³-hybridized carbons (Fsp3) is 0.556. The molecule has 26 heavy (non-hydrogen) atoms. The summed E-state index contributed by atoms with van der Waals surface area (Å²) < 4.78 is 5.50. The van der Waals surface area contributed by atoms with Crippen LogP contribution >= 0.6 is 11.8 Å². The fourth-order valence-electron chi connectivity index (χ4n) is 3.23. The molecule has 3 N–H and O–H groups in total. The SMILES string of the molecule is CCN(C(C)=O)C1NC(COC(=O)C2CC(c3ccccc3)NN2)CS1. The normalized spacial score (nSPS) is 28.1. The highest BCUT2D eigenvalue weighted by molar-refractivity contribution is 8.00. The van der Waals surface area contributed by atoms with E-state index in [2.05, 4.69) is 16.2 Å². The van der Waals surface area contributed by atoms with Crippen molar-refractivity contribution < 1.29 is 14.3 Å². The number of benzene rings is 1. The number of carbonyl (C=O) groups excluding carboxylic acids is 2. The Morgan fingerprint density at radius 2 is 2.04 bits per heavy atom.